The number of rotatable bonds is 12. The van der Waals surface area contributed by atoms with E-state index < -0.39 is 17.1 Å². The van der Waals surface area contributed by atoms with Crippen molar-refractivity contribution in [2.45, 2.75) is 126 Å². The Morgan fingerprint density at radius 2 is 1.86 bits per heavy atom. The number of benzene rings is 1. The molecule has 6 heteroatoms. The average Bonchev–Trinajstić information content (AvgIpc) is 3.62. The van der Waals surface area contributed by atoms with Crippen LogP contribution in [0.3, 0.4) is 0 Å². The monoisotopic (exact) mass is 509 g/mol. The van der Waals surface area contributed by atoms with Gasteiger partial charge in [0.1, 0.15) is 0 Å². The van der Waals surface area contributed by atoms with Gasteiger partial charge in [0.05, 0.1) is 11.0 Å². The van der Waals surface area contributed by atoms with Crippen molar-refractivity contribution < 1.29 is 24.2 Å². The molecule has 202 valence electrons. The van der Waals surface area contributed by atoms with Crippen LogP contribution in [-0.4, -0.2) is 52.6 Å². The number of piperidine rings is 1. The number of Topliss-reactive ketones (excluding diaryl/α,β-unsaturated/α-hetero) is 1. The van der Waals surface area contributed by atoms with E-state index in [9.17, 15) is 14.7 Å². The average molecular weight is 510 g/mol. The van der Waals surface area contributed by atoms with Crippen molar-refractivity contribution in [2.24, 2.45) is 5.92 Å². The van der Waals surface area contributed by atoms with E-state index >= 15 is 0 Å². The first-order valence-electron chi connectivity index (χ1n) is 15.0. The van der Waals surface area contributed by atoms with Crippen LogP contribution in [0.4, 0.5) is 0 Å². The Morgan fingerprint density at radius 3 is 2.62 bits per heavy atom. The molecule has 1 aromatic carbocycles. The fraction of sp³-hybridized carbons (Fsp3) is 0.742. The van der Waals surface area contributed by atoms with E-state index in [1.807, 2.05) is 6.07 Å². The molecular formula is C31H43NO5. The normalized spacial score (nSPS) is 31.7. The zero-order valence-corrected chi connectivity index (χ0v) is 22.4. The second-order valence-electron chi connectivity index (χ2n) is 12.4. The Morgan fingerprint density at radius 1 is 1.11 bits per heavy atom. The third-order valence-electron chi connectivity index (χ3n) is 10.0. The number of ether oxygens (including phenoxy) is 2. The summed E-state index contributed by atoms with van der Waals surface area (Å²) >= 11 is 0. The van der Waals surface area contributed by atoms with Crippen LogP contribution in [0.1, 0.15) is 108 Å². The molecule has 3 fully saturated rings. The highest BCUT2D eigenvalue weighted by molar-refractivity contribution is 5.90. The summed E-state index contributed by atoms with van der Waals surface area (Å²) in [6, 6.07) is 3.91. The second kappa shape index (κ2) is 10.00. The SMILES string of the molecule is CCCCCCCCCCC(=O)Oc1ccc2c3c1O[C@H]1C(=O)CC[C@@]4(O)C(C2)N(CC2CC2)CC[C@]314. The lowest BCUT2D eigenvalue weighted by Gasteiger charge is -2.62. The summed E-state index contributed by atoms with van der Waals surface area (Å²) in [6.45, 7) is 4.14. The van der Waals surface area contributed by atoms with Crippen LogP contribution in [0.2, 0.25) is 0 Å². The van der Waals surface area contributed by atoms with Crippen molar-refractivity contribution in [3.8, 4) is 11.5 Å². The van der Waals surface area contributed by atoms with Gasteiger partial charge in [0.15, 0.2) is 23.4 Å². The van der Waals surface area contributed by atoms with Crippen LogP contribution < -0.4 is 9.47 Å². The van der Waals surface area contributed by atoms with E-state index in [1.165, 1.54) is 44.9 Å². The molecule has 2 aliphatic heterocycles. The number of aliphatic hydroxyl groups is 1. The third-order valence-corrected chi connectivity index (χ3v) is 10.0. The van der Waals surface area contributed by atoms with Gasteiger partial charge < -0.3 is 14.6 Å². The van der Waals surface area contributed by atoms with E-state index in [2.05, 4.69) is 17.9 Å². The molecule has 37 heavy (non-hydrogen) atoms. The lowest BCUT2D eigenvalue weighted by molar-refractivity contribution is -0.188. The van der Waals surface area contributed by atoms with Crippen molar-refractivity contribution in [3.63, 3.8) is 0 Å². The number of nitrogens with zero attached hydrogens (tertiary/aromatic N) is 1. The van der Waals surface area contributed by atoms with Crippen molar-refractivity contribution in [1.82, 2.24) is 4.90 Å². The Labute approximate surface area is 221 Å². The van der Waals surface area contributed by atoms with Gasteiger partial charge in [-0.1, -0.05) is 57.9 Å². The number of hydrogen-bond acceptors (Lipinski definition) is 6. The van der Waals surface area contributed by atoms with Gasteiger partial charge in [0.25, 0.3) is 0 Å². The molecule has 0 radical (unpaired) electrons. The van der Waals surface area contributed by atoms with Gasteiger partial charge in [-0.05, 0) is 62.6 Å². The van der Waals surface area contributed by atoms with Crippen LogP contribution in [0.5, 0.6) is 11.5 Å². The maximum atomic E-state index is 13.2. The van der Waals surface area contributed by atoms with Crippen molar-refractivity contribution in [2.75, 3.05) is 13.1 Å². The van der Waals surface area contributed by atoms with Crippen LogP contribution in [0, 0.1) is 5.92 Å². The van der Waals surface area contributed by atoms with Crippen molar-refractivity contribution in [1.29, 1.82) is 0 Å². The number of carbonyl (C=O) groups is 2. The van der Waals surface area contributed by atoms with E-state index in [-0.39, 0.29) is 17.8 Å². The lowest BCUT2D eigenvalue weighted by atomic mass is 9.49. The van der Waals surface area contributed by atoms with E-state index in [4.69, 9.17) is 9.47 Å². The Bertz CT molecular complexity index is 1050. The molecule has 1 aromatic rings. The maximum absolute atomic E-state index is 13.2. The highest BCUT2D eigenvalue weighted by atomic mass is 16.6. The zero-order chi connectivity index (χ0) is 25.6. The first-order chi connectivity index (χ1) is 18.0. The standard InChI is InChI=1S/C31H43NO5/c1-2-3-4-5-6-7-8-9-10-26(34)36-24-14-13-22-19-25-31(35)16-15-23(33)29-30(31,27(22)28(24)37-29)17-18-32(25)20-21-11-12-21/h13-14,21,25,29,35H,2-12,15-20H2,1H3/t25?,29-,30-,31+/m0/s1. The van der Waals surface area contributed by atoms with Gasteiger partial charge in [-0.25, -0.2) is 0 Å². The zero-order valence-electron chi connectivity index (χ0n) is 22.4. The molecule has 0 amide bonds. The largest absolute Gasteiger partial charge is 0.477 e. The number of hydrogen-bond donors (Lipinski definition) is 1. The molecule has 5 aliphatic rings. The molecule has 1 saturated heterocycles. The molecule has 1 unspecified atom stereocenters. The predicted molar refractivity (Wildman–Crippen MR) is 141 cm³/mol. The molecular weight excluding hydrogens is 466 g/mol. The number of unbranched alkanes of at least 4 members (excludes halogenated alkanes) is 7. The quantitative estimate of drug-likeness (QED) is 0.235. The molecule has 4 atom stereocenters. The summed E-state index contributed by atoms with van der Waals surface area (Å²) in [4.78, 5) is 28.4. The highest BCUT2D eigenvalue weighted by Crippen LogP contribution is 2.65. The van der Waals surface area contributed by atoms with Crippen LogP contribution in [0.25, 0.3) is 0 Å². The van der Waals surface area contributed by atoms with Crippen molar-refractivity contribution >= 4 is 11.8 Å². The number of carbonyl (C=O) groups excluding carboxylic acids is 2. The van der Waals surface area contributed by atoms with E-state index in [0.717, 1.165) is 55.8 Å². The molecule has 1 spiro atoms. The Balaban J connectivity index is 1.18. The van der Waals surface area contributed by atoms with Gasteiger partial charge in [-0.2, -0.15) is 0 Å². The summed E-state index contributed by atoms with van der Waals surface area (Å²) in [5.41, 5.74) is 0.380. The smallest absolute Gasteiger partial charge is 0.311 e. The summed E-state index contributed by atoms with van der Waals surface area (Å²) in [6.07, 6.45) is 14.0. The summed E-state index contributed by atoms with van der Waals surface area (Å²) in [5.74, 6) is 1.53. The summed E-state index contributed by atoms with van der Waals surface area (Å²) in [7, 11) is 0. The summed E-state index contributed by atoms with van der Waals surface area (Å²) < 4.78 is 12.3. The number of likely N-dealkylation sites (tertiary alicyclic amines) is 1. The van der Waals surface area contributed by atoms with Gasteiger partial charge in [0.2, 0.25) is 0 Å². The lowest BCUT2D eigenvalue weighted by Crippen LogP contribution is -2.76. The van der Waals surface area contributed by atoms with Crippen LogP contribution in [0.15, 0.2) is 12.1 Å². The first-order valence-corrected chi connectivity index (χ1v) is 15.0. The van der Waals surface area contributed by atoms with Crippen molar-refractivity contribution in [3.05, 3.63) is 23.3 Å². The second-order valence-corrected chi connectivity index (χ2v) is 12.4. The van der Waals surface area contributed by atoms with Gasteiger partial charge in [-0.15, -0.1) is 0 Å². The van der Waals surface area contributed by atoms with E-state index in [0.29, 0.717) is 37.2 Å². The highest BCUT2D eigenvalue weighted by Gasteiger charge is 2.73. The summed E-state index contributed by atoms with van der Waals surface area (Å²) in [5, 5.41) is 12.4. The van der Waals surface area contributed by atoms with Gasteiger partial charge in [-0.3, -0.25) is 14.5 Å². The fourth-order valence-corrected chi connectivity index (χ4v) is 7.91. The number of esters is 1. The molecule has 6 nitrogen and oxygen atoms in total. The molecule has 2 saturated carbocycles. The number of ketones is 1. The molecule has 2 heterocycles. The Hall–Kier alpha value is -1.92. The predicted octanol–water partition coefficient (Wildman–Crippen LogP) is 5.26. The van der Waals surface area contributed by atoms with E-state index in [1.54, 1.807) is 0 Å². The Kier molecular flexibility index (Phi) is 6.85. The molecule has 1 N–H and O–H groups in total. The fourth-order valence-electron chi connectivity index (χ4n) is 7.91. The molecule has 6 rings (SSSR count). The van der Waals surface area contributed by atoms with Gasteiger partial charge in [0, 0.05) is 31.0 Å². The molecule has 3 aliphatic carbocycles. The van der Waals surface area contributed by atoms with Crippen LogP contribution >= 0.6 is 0 Å². The first kappa shape index (κ1) is 25.4. The van der Waals surface area contributed by atoms with Crippen LogP contribution in [-0.2, 0) is 21.4 Å². The molecule has 2 bridgehead atoms. The van der Waals surface area contributed by atoms with Gasteiger partial charge >= 0.3 is 5.97 Å². The molecule has 0 aromatic heterocycles. The minimum atomic E-state index is -0.989. The topological polar surface area (TPSA) is 76.1 Å². The maximum Gasteiger partial charge on any atom is 0.311 e. The minimum absolute atomic E-state index is 0.00914. The minimum Gasteiger partial charge on any atom is -0.477 e. The third kappa shape index (κ3) is 4.23.